The fourth-order valence-corrected chi connectivity index (χ4v) is 6.11. The van der Waals surface area contributed by atoms with E-state index in [0.717, 1.165) is 89.9 Å². The number of allylic oxidation sites excluding steroid dienone is 10. The summed E-state index contributed by atoms with van der Waals surface area (Å²) in [6.07, 6.45) is 44.2. The maximum absolute atomic E-state index is 12.6. The van der Waals surface area contributed by atoms with Gasteiger partial charge in [0.25, 0.3) is 0 Å². The first-order chi connectivity index (χ1) is 27.1. The van der Waals surface area contributed by atoms with Gasteiger partial charge in [0.2, 0.25) is 0 Å². The normalized spacial score (nSPS) is 14.4. The second kappa shape index (κ2) is 39.0. The molecule has 0 aromatic carbocycles. The molecule has 0 saturated carbocycles. The molecule has 0 aromatic heterocycles. The third kappa shape index (κ3) is 38.1. The van der Waals surface area contributed by atoms with Crippen molar-refractivity contribution in [2.75, 3.05) is 19.8 Å². The van der Waals surface area contributed by atoms with E-state index >= 15 is 0 Å². The molecule has 0 aliphatic carbocycles. The van der Waals surface area contributed by atoms with Crippen LogP contribution >= 0.6 is 7.82 Å². The van der Waals surface area contributed by atoms with E-state index in [0.29, 0.717) is 12.8 Å². The number of carbonyl (C=O) groups is 3. The van der Waals surface area contributed by atoms with Gasteiger partial charge in [0.1, 0.15) is 12.6 Å². The number of unbranched alkanes of at least 4 members (excludes halogenated alkanes) is 15. The summed E-state index contributed by atoms with van der Waals surface area (Å²) in [5.41, 5.74) is 5.33. The zero-order valence-corrected chi connectivity index (χ0v) is 35.6. The van der Waals surface area contributed by atoms with E-state index < -0.39 is 51.1 Å². The van der Waals surface area contributed by atoms with Gasteiger partial charge in [-0.15, -0.1) is 0 Å². The molecule has 0 aliphatic heterocycles. The molecule has 11 nitrogen and oxygen atoms in total. The molecule has 0 bridgehead atoms. The predicted molar refractivity (Wildman–Crippen MR) is 226 cm³/mol. The van der Waals surface area contributed by atoms with E-state index in [9.17, 15) is 23.8 Å². The van der Waals surface area contributed by atoms with Crippen LogP contribution in [0, 0.1) is 0 Å². The van der Waals surface area contributed by atoms with E-state index in [1.807, 2.05) is 0 Å². The summed E-state index contributed by atoms with van der Waals surface area (Å²) in [4.78, 5) is 45.9. The second-order valence-corrected chi connectivity index (χ2v) is 15.6. The molecular formula is C44H76NO10P. The Labute approximate surface area is 338 Å². The topological polar surface area (TPSA) is 172 Å². The highest BCUT2D eigenvalue weighted by Crippen LogP contribution is 2.43. The molecule has 3 atom stereocenters. The van der Waals surface area contributed by atoms with Gasteiger partial charge in [0.05, 0.1) is 13.2 Å². The van der Waals surface area contributed by atoms with Gasteiger partial charge in [-0.2, -0.15) is 0 Å². The Bertz CT molecular complexity index is 1180. The molecule has 0 radical (unpaired) electrons. The third-order valence-electron chi connectivity index (χ3n) is 8.74. The number of phosphoric acid groups is 1. The number of aliphatic carboxylic acids is 1. The van der Waals surface area contributed by atoms with Crippen molar-refractivity contribution in [2.45, 2.75) is 180 Å². The molecule has 56 heavy (non-hydrogen) atoms. The van der Waals surface area contributed by atoms with Crippen molar-refractivity contribution in [1.29, 1.82) is 0 Å². The van der Waals surface area contributed by atoms with Gasteiger partial charge >= 0.3 is 25.7 Å². The van der Waals surface area contributed by atoms with Crippen molar-refractivity contribution in [3.8, 4) is 0 Å². The number of hydrogen-bond acceptors (Lipinski definition) is 9. The Morgan fingerprint density at radius 3 is 1.41 bits per heavy atom. The van der Waals surface area contributed by atoms with Gasteiger partial charge in [-0.25, -0.2) is 4.57 Å². The maximum atomic E-state index is 12.6. The Hall–Kier alpha value is -2.82. The maximum Gasteiger partial charge on any atom is 0.472 e. The summed E-state index contributed by atoms with van der Waals surface area (Å²) in [7, 11) is -4.73. The van der Waals surface area contributed by atoms with Crippen LogP contribution in [0.4, 0.5) is 0 Å². The number of carboxylic acids is 1. The van der Waals surface area contributed by atoms with Crippen molar-refractivity contribution in [2.24, 2.45) is 5.73 Å². The number of phosphoric ester groups is 1. The minimum absolute atomic E-state index is 0.130. The summed E-state index contributed by atoms with van der Waals surface area (Å²) < 4.78 is 32.6. The number of hydrogen-bond donors (Lipinski definition) is 3. The number of nitrogens with two attached hydrogens (primary N) is 1. The lowest BCUT2D eigenvalue weighted by Gasteiger charge is -2.20. The summed E-state index contributed by atoms with van der Waals surface area (Å²) in [6.45, 7) is 2.70. The summed E-state index contributed by atoms with van der Waals surface area (Å²) in [6, 6.07) is -1.53. The van der Waals surface area contributed by atoms with Crippen LogP contribution in [0.25, 0.3) is 0 Å². The summed E-state index contributed by atoms with van der Waals surface area (Å²) in [5.74, 6) is -2.43. The van der Waals surface area contributed by atoms with Gasteiger partial charge < -0.3 is 25.2 Å². The SMILES string of the molecule is CCCCC/C=C\C/C=C\C/C=C\CCCCCCC(=O)O[C@H](COC(=O)CCCCCCC/C=C\C/C=C\CCCCC)COP(=O)(O)OC[C@H](N)C(=O)O. The Balaban J connectivity index is 4.46. The van der Waals surface area contributed by atoms with Gasteiger partial charge in [-0.05, 0) is 83.5 Å². The molecule has 0 amide bonds. The highest BCUT2D eigenvalue weighted by molar-refractivity contribution is 7.47. The van der Waals surface area contributed by atoms with Crippen molar-refractivity contribution >= 4 is 25.7 Å². The van der Waals surface area contributed by atoms with Crippen LogP contribution in [0.1, 0.15) is 168 Å². The number of carbonyl (C=O) groups excluding carboxylic acids is 2. The minimum Gasteiger partial charge on any atom is -0.480 e. The first-order valence-corrected chi connectivity index (χ1v) is 22.8. The molecule has 0 rings (SSSR count). The van der Waals surface area contributed by atoms with Crippen LogP contribution in [0.5, 0.6) is 0 Å². The van der Waals surface area contributed by atoms with Crippen LogP contribution in [0.2, 0.25) is 0 Å². The van der Waals surface area contributed by atoms with E-state index in [4.69, 9.17) is 24.8 Å². The number of carboxylic acid groups (broad SMARTS) is 1. The van der Waals surface area contributed by atoms with Crippen LogP contribution in [0.3, 0.4) is 0 Å². The molecule has 1 unspecified atom stereocenters. The van der Waals surface area contributed by atoms with E-state index in [1.165, 1.54) is 38.5 Å². The standard InChI is InChI=1S/C44H76NO10P/c1-3-5-7-9-11-13-15-17-19-20-22-24-26-28-30-32-34-36-43(47)55-40(38-53-56(50,51)54-39-41(45)44(48)49)37-52-42(46)35-33-31-29-27-25-23-21-18-16-14-12-10-8-6-4-2/h11-14,17-19,21-22,24,40-41H,3-10,15-16,20,23,25-39,45H2,1-2H3,(H,48,49)(H,50,51)/b13-11-,14-12-,19-17-,21-18-,24-22-/t40-,41+/m1/s1. The monoisotopic (exact) mass is 810 g/mol. The zero-order valence-electron chi connectivity index (χ0n) is 34.7. The number of esters is 2. The predicted octanol–water partition coefficient (Wildman–Crippen LogP) is 11.2. The number of ether oxygens (including phenoxy) is 2. The molecule has 12 heteroatoms. The van der Waals surface area contributed by atoms with E-state index in [-0.39, 0.29) is 19.4 Å². The van der Waals surface area contributed by atoms with E-state index in [2.05, 4.69) is 79.1 Å². The number of rotatable bonds is 39. The molecule has 0 spiro atoms. The molecule has 4 N–H and O–H groups in total. The van der Waals surface area contributed by atoms with Crippen LogP contribution in [-0.4, -0.2) is 59.9 Å². The molecule has 0 fully saturated rings. The lowest BCUT2D eigenvalue weighted by molar-refractivity contribution is -0.161. The molecular weight excluding hydrogens is 733 g/mol. The first kappa shape index (κ1) is 53.2. The van der Waals surface area contributed by atoms with Gasteiger partial charge in [0, 0.05) is 12.8 Å². The highest BCUT2D eigenvalue weighted by atomic mass is 31.2. The average molecular weight is 810 g/mol. The largest absolute Gasteiger partial charge is 0.480 e. The van der Waals surface area contributed by atoms with Crippen LogP contribution in [-0.2, 0) is 37.5 Å². The van der Waals surface area contributed by atoms with Crippen molar-refractivity contribution in [1.82, 2.24) is 0 Å². The second-order valence-electron chi connectivity index (χ2n) is 14.1. The Morgan fingerprint density at radius 2 is 0.946 bits per heavy atom. The highest BCUT2D eigenvalue weighted by Gasteiger charge is 2.28. The average Bonchev–Trinajstić information content (AvgIpc) is 3.17. The summed E-state index contributed by atoms with van der Waals surface area (Å²) >= 11 is 0. The van der Waals surface area contributed by atoms with Crippen molar-refractivity contribution < 1.29 is 47.5 Å². The quantitative estimate of drug-likeness (QED) is 0.0233. The van der Waals surface area contributed by atoms with Crippen molar-refractivity contribution in [3.05, 3.63) is 60.8 Å². The lowest BCUT2D eigenvalue weighted by Crippen LogP contribution is -2.34. The molecule has 0 aromatic rings. The Morgan fingerprint density at radius 1 is 0.554 bits per heavy atom. The van der Waals surface area contributed by atoms with Crippen LogP contribution < -0.4 is 5.73 Å². The fourth-order valence-electron chi connectivity index (χ4n) is 5.34. The molecule has 322 valence electrons. The first-order valence-electron chi connectivity index (χ1n) is 21.3. The van der Waals surface area contributed by atoms with Crippen LogP contribution in [0.15, 0.2) is 60.8 Å². The Kier molecular flexibility index (Phi) is 37.1. The lowest BCUT2D eigenvalue weighted by atomic mass is 10.1. The molecule has 0 aliphatic rings. The smallest absolute Gasteiger partial charge is 0.472 e. The van der Waals surface area contributed by atoms with Gasteiger partial charge in [-0.1, -0.05) is 132 Å². The molecule has 0 saturated heterocycles. The molecule has 0 heterocycles. The van der Waals surface area contributed by atoms with Gasteiger partial charge in [-0.3, -0.25) is 23.4 Å². The third-order valence-corrected chi connectivity index (χ3v) is 9.69. The van der Waals surface area contributed by atoms with Gasteiger partial charge in [0.15, 0.2) is 6.10 Å². The zero-order chi connectivity index (χ0) is 41.4. The van der Waals surface area contributed by atoms with E-state index in [1.54, 1.807) is 0 Å². The fraction of sp³-hybridized carbons (Fsp3) is 0.705. The minimum atomic E-state index is -4.73. The van der Waals surface area contributed by atoms with Crippen molar-refractivity contribution in [3.63, 3.8) is 0 Å². The summed E-state index contributed by atoms with van der Waals surface area (Å²) in [5, 5.41) is 8.88.